The number of anilines is 1. The van der Waals surface area contributed by atoms with Gasteiger partial charge in [0.15, 0.2) is 5.65 Å². The number of carboxylic acids is 1. The molecule has 4 aromatic rings. The highest BCUT2D eigenvalue weighted by Crippen LogP contribution is 2.38. The second-order valence-corrected chi connectivity index (χ2v) is 12.4. The Morgan fingerprint density at radius 3 is 2.69 bits per heavy atom. The number of carboxylic acid groups (broad SMARTS) is 1. The molecule has 1 saturated heterocycles. The lowest BCUT2D eigenvalue weighted by Crippen LogP contribution is -2.37. The maximum Gasteiger partial charge on any atom is 0.452 e. The van der Waals surface area contributed by atoms with Gasteiger partial charge in [0.25, 0.3) is 0 Å². The zero-order chi connectivity index (χ0) is 29.8. The van der Waals surface area contributed by atoms with Crippen molar-refractivity contribution >= 4 is 28.3 Å². The van der Waals surface area contributed by atoms with Crippen LogP contribution in [-0.2, 0) is 28.5 Å². The summed E-state index contributed by atoms with van der Waals surface area (Å²) in [6, 6.07) is 15.3. The van der Waals surface area contributed by atoms with E-state index < -0.39 is 34.9 Å². The van der Waals surface area contributed by atoms with Crippen LogP contribution >= 0.6 is 0 Å². The van der Waals surface area contributed by atoms with Crippen molar-refractivity contribution in [2.45, 2.75) is 62.7 Å². The number of alkyl halides is 3. The molecule has 42 heavy (non-hydrogen) atoms. The fourth-order valence-electron chi connectivity index (χ4n) is 6.27. The van der Waals surface area contributed by atoms with E-state index in [1.54, 1.807) is 6.92 Å². The Kier molecular flexibility index (Phi) is 7.30. The van der Waals surface area contributed by atoms with Crippen molar-refractivity contribution in [1.29, 1.82) is 0 Å². The number of halogens is 3. The van der Waals surface area contributed by atoms with Crippen molar-refractivity contribution in [3.8, 4) is 0 Å². The molecule has 0 bridgehead atoms. The molecule has 12 heteroatoms. The Morgan fingerprint density at radius 1 is 1.14 bits per heavy atom. The Morgan fingerprint density at radius 2 is 1.93 bits per heavy atom. The number of para-hydroxylation sites is 1. The van der Waals surface area contributed by atoms with E-state index in [0.717, 1.165) is 45.5 Å². The molecule has 6 rings (SSSR count). The monoisotopic (exact) mass is 597 g/mol. The minimum atomic E-state index is -4.68. The number of pyridine rings is 1. The lowest BCUT2D eigenvalue weighted by Gasteiger charge is -2.27. The summed E-state index contributed by atoms with van der Waals surface area (Å²) in [5, 5.41) is 16.9. The fraction of sp³-hybridized carbons (Fsp3) is 0.367. The molecule has 220 valence electrons. The third-order valence-corrected chi connectivity index (χ3v) is 9.85. The highest BCUT2D eigenvalue weighted by atomic mass is 32.2. The standard InChI is InChI=1S/C30H30F3N5O3S/c1-18-9-10-20(24(15-27(39)40)23-11-13-38-28(19(23)2)34-35-29(38)30(31,32)33)14-21(18)16-36-17-22-6-5-12-37(22)25-7-3-4-8-26(25)42(36)41/h3-4,7-11,13-14,22,24H,5-6,12,15-17H2,1-2H3,(H,39,40). The van der Waals surface area contributed by atoms with Gasteiger partial charge in [0.1, 0.15) is 11.0 Å². The minimum absolute atomic E-state index is 0.0299. The van der Waals surface area contributed by atoms with Crippen LogP contribution in [0.15, 0.2) is 59.6 Å². The van der Waals surface area contributed by atoms with Crippen molar-refractivity contribution in [2.75, 3.05) is 18.0 Å². The van der Waals surface area contributed by atoms with Gasteiger partial charge in [-0.05, 0) is 72.7 Å². The summed E-state index contributed by atoms with van der Waals surface area (Å²) < 4.78 is 57.0. The van der Waals surface area contributed by atoms with Crippen molar-refractivity contribution in [3.63, 3.8) is 0 Å². The molecule has 8 nitrogen and oxygen atoms in total. The Bertz CT molecular complexity index is 1710. The maximum absolute atomic E-state index is 13.8. The van der Waals surface area contributed by atoms with Gasteiger partial charge in [0.2, 0.25) is 5.82 Å². The highest BCUT2D eigenvalue weighted by Gasteiger charge is 2.38. The summed E-state index contributed by atoms with van der Waals surface area (Å²) in [4.78, 5) is 15.1. The van der Waals surface area contributed by atoms with Crippen LogP contribution < -0.4 is 4.90 Å². The van der Waals surface area contributed by atoms with Crippen molar-refractivity contribution in [1.82, 2.24) is 18.9 Å². The first-order chi connectivity index (χ1) is 20.0. The number of aromatic nitrogens is 3. The van der Waals surface area contributed by atoms with Gasteiger partial charge < -0.3 is 10.0 Å². The molecule has 2 aromatic heterocycles. The van der Waals surface area contributed by atoms with Gasteiger partial charge in [-0.15, -0.1) is 10.2 Å². The molecule has 3 unspecified atom stereocenters. The van der Waals surface area contributed by atoms with Crippen molar-refractivity contribution < 1.29 is 27.3 Å². The average Bonchev–Trinajstić information content (AvgIpc) is 3.58. The highest BCUT2D eigenvalue weighted by molar-refractivity contribution is 7.82. The van der Waals surface area contributed by atoms with Gasteiger partial charge in [-0.25, -0.2) is 8.51 Å². The molecule has 0 amide bonds. The summed E-state index contributed by atoms with van der Waals surface area (Å²) in [5.41, 5.74) is 4.65. The van der Waals surface area contributed by atoms with E-state index in [1.807, 2.05) is 53.7 Å². The van der Waals surface area contributed by atoms with Crippen LogP contribution in [0.5, 0.6) is 0 Å². The zero-order valence-electron chi connectivity index (χ0n) is 23.1. The number of aryl methyl sites for hydroxylation is 2. The zero-order valence-corrected chi connectivity index (χ0v) is 24.0. The first kappa shape index (κ1) is 28.4. The number of hydrogen-bond acceptors (Lipinski definition) is 5. The number of benzene rings is 2. The van der Waals surface area contributed by atoms with E-state index >= 15 is 0 Å². The minimum Gasteiger partial charge on any atom is -0.481 e. The Hall–Kier alpha value is -3.77. The molecule has 0 spiro atoms. The van der Waals surface area contributed by atoms with Gasteiger partial charge in [-0.2, -0.15) is 13.2 Å². The molecule has 2 aliphatic heterocycles. The van der Waals surface area contributed by atoms with Crippen LogP contribution in [0.4, 0.5) is 18.9 Å². The van der Waals surface area contributed by atoms with E-state index in [2.05, 4.69) is 15.1 Å². The van der Waals surface area contributed by atoms with Crippen molar-refractivity contribution in [2.24, 2.45) is 0 Å². The maximum atomic E-state index is 13.8. The third kappa shape index (κ3) is 5.06. The Balaban J connectivity index is 1.37. The second-order valence-electron chi connectivity index (χ2n) is 11.0. The summed E-state index contributed by atoms with van der Waals surface area (Å²) in [6.45, 7) is 5.57. The van der Waals surface area contributed by atoms with Crippen LogP contribution in [-0.4, -0.2) is 53.3 Å². The number of aliphatic carboxylic acids is 1. The predicted molar refractivity (Wildman–Crippen MR) is 152 cm³/mol. The van der Waals surface area contributed by atoms with Gasteiger partial charge in [-0.1, -0.05) is 30.3 Å². The molecule has 0 radical (unpaired) electrons. The van der Waals surface area contributed by atoms with Gasteiger partial charge in [0, 0.05) is 37.8 Å². The van der Waals surface area contributed by atoms with E-state index in [-0.39, 0.29) is 18.1 Å². The van der Waals surface area contributed by atoms with Gasteiger partial charge >= 0.3 is 12.1 Å². The first-order valence-electron chi connectivity index (χ1n) is 13.8. The quantitative estimate of drug-likeness (QED) is 0.317. The molecule has 4 heterocycles. The van der Waals surface area contributed by atoms with E-state index in [0.29, 0.717) is 29.8 Å². The van der Waals surface area contributed by atoms with Crippen LogP contribution in [0, 0.1) is 13.8 Å². The summed E-state index contributed by atoms with van der Waals surface area (Å²) >= 11 is 0. The summed E-state index contributed by atoms with van der Waals surface area (Å²) in [5.74, 6) is -2.81. The lowest BCUT2D eigenvalue weighted by atomic mass is 9.85. The summed E-state index contributed by atoms with van der Waals surface area (Å²) in [6.07, 6.45) is -1.61. The first-order valence-corrected chi connectivity index (χ1v) is 14.9. The molecule has 1 N–H and O–H groups in total. The van der Waals surface area contributed by atoms with Crippen LogP contribution in [0.2, 0.25) is 0 Å². The molecule has 2 aliphatic rings. The van der Waals surface area contributed by atoms with E-state index in [9.17, 15) is 27.3 Å². The number of fused-ring (bicyclic) bond motifs is 4. The fourth-order valence-corrected chi connectivity index (χ4v) is 7.67. The number of nitrogens with zero attached hydrogens (tertiary/aromatic N) is 5. The third-order valence-electron chi connectivity index (χ3n) is 8.39. The molecule has 2 aromatic carbocycles. The smallest absolute Gasteiger partial charge is 0.452 e. The van der Waals surface area contributed by atoms with E-state index in [4.69, 9.17) is 0 Å². The van der Waals surface area contributed by atoms with Gasteiger partial charge in [0.05, 0.1) is 17.0 Å². The topological polar surface area (TPSA) is 91.0 Å². The van der Waals surface area contributed by atoms with Crippen LogP contribution in [0.1, 0.15) is 58.8 Å². The van der Waals surface area contributed by atoms with Crippen LogP contribution in [0.25, 0.3) is 5.65 Å². The SMILES string of the molecule is Cc1ccc(C(CC(=O)O)c2ccn3c(C(F)(F)F)nnc3c2C)cc1CN1CC2CCCN2c2ccccc2S1=O. The normalized spacial score (nSPS) is 19.9. The largest absolute Gasteiger partial charge is 0.481 e. The second kappa shape index (κ2) is 10.8. The van der Waals surface area contributed by atoms with Gasteiger partial charge in [-0.3, -0.25) is 9.20 Å². The number of rotatable bonds is 6. The molecular formula is C30H30F3N5O3S. The van der Waals surface area contributed by atoms with E-state index in [1.165, 1.54) is 12.3 Å². The molecular weight excluding hydrogens is 567 g/mol. The molecule has 0 saturated carbocycles. The van der Waals surface area contributed by atoms with Crippen molar-refractivity contribution in [3.05, 3.63) is 88.4 Å². The lowest BCUT2D eigenvalue weighted by molar-refractivity contribution is -0.145. The molecule has 0 aliphatic carbocycles. The Labute approximate surface area is 243 Å². The average molecular weight is 598 g/mol. The van der Waals surface area contributed by atoms with Crippen LogP contribution in [0.3, 0.4) is 0 Å². The molecule has 1 fully saturated rings. The number of carbonyl (C=O) groups is 1. The predicted octanol–water partition coefficient (Wildman–Crippen LogP) is 5.48. The molecule has 3 atom stereocenters. The summed E-state index contributed by atoms with van der Waals surface area (Å²) in [7, 11) is -1.39. The number of hydrogen-bond donors (Lipinski definition) is 1.